The Bertz CT molecular complexity index is 1030. The van der Waals surface area contributed by atoms with E-state index in [4.69, 9.17) is 4.74 Å². The van der Waals surface area contributed by atoms with Gasteiger partial charge < -0.3 is 14.7 Å². The summed E-state index contributed by atoms with van der Waals surface area (Å²) in [5.41, 5.74) is -0.456. The molecular weight excluding hydrogens is 374 g/mol. The van der Waals surface area contributed by atoms with Crippen LogP contribution in [-0.2, 0) is 16.9 Å². The van der Waals surface area contributed by atoms with Crippen molar-refractivity contribution in [3.05, 3.63) is 82.0 Å². The van der Waals surface area contributed by atoms with Gasteiger partial charge in [-0.3, -0.25) is 9.59 Å². The second kappa shape index (κ2) is 7.22. The highest BCUT2D eigenvalue weighted by Gasteiger charge is 2.51. The Morgan fingerprint density at radius 3 is 2.61 bits per heavy atom. The van der Waals surface area contributed by atoms with E-state index in [0.717, 1.165) is 4.88 Å². The molecular formula is C22H19NO4S. The summed E-state index contributed by atoms with van der Waals surface area (Å²) in [6.45, 7) is 0.360. The Kier molecular flexibility index (Phi) is 4.75. The molecule has 5 nitrogen and oxygen atoms in total. The number of nitrogens with zero attached hydrogens (tertiary/aromatic N) is 1. The molecule has 0 fully saturated rings. The van der Waals surface area contributed by atoms with Crippen molar-refractivity contribution < 1.29 is 19.4 Å². The quantitative estimate of drug-likeness (QED) is 0.648. The summed E-state index contributed by atoms with van der Waals surface area (Å²) in [7, 11) is 1.49. The number of Topliss-reactive ketones (excluding diaryl/α,β-unsaturated/α-hetero) is 1. The molecule has 0 saturated carbocycles. The molecule has 1 aromatic heterocycles. The molecule has 1 N–H and O–H groups in total. The fourth-order valence-electron chi connectivity index (χ4n) is 3.60. The molecule has 0 spiro atoms. The molecule has 0 unspecified atom stereocenters. The summed E-state index contributed by atoms with van der Waals surface area (Å²) in [5.74, 6) is -0.406. The van der Waals surface area contributed by atoms with Crippen LogP contribution in [0.1, 0.15) is 27.2 Å². The van der Waals surface area contributed by atoms with Gasteiger partial charge in [0.25, 0.3) is 5.91 Å². The first-order chi connectivity index (χ1) is 13.5. The minimum atomic E-state index is -1.90. The molecule has 1 aliphatic heterocycles. The van der Waals surface area contributed by atoms with Gasteiger partial charge in [-0.2, -0.15) is 0 Å². The molecule has 28 heavy (non-hydrogen) atoms. The van der Waals surface area contributed by atoms with Crippen LogP contribution in [0.5, 0.6) is 5.75 Å². The van der Waals surface area contributed by atoms with Crippen molar-refractivity contribution in [1.29, 1.82) is 0 Å². The van der Waals surface area contributed by atoms with Gasteiger partial charge in [-0.25, -0.2) is 0 Å². The van der Waals surface area contributed by atoms with Crippen LogP contribution in [0.4, 0.5) is 5.69 Å². The number of para-hydroxylation sites is 2. The average molecular weight is 393 g/mol. The number of hydrogen-bond donors (Lipinski definition) is 1. The normalized spacial score (nSPS) is 18.2. The number of carbonyl (C=O) groups excluding carboxylic acids is 2. The predicted molar refractivity (Wildman–Crippen MR) is 108 cm³/mol. The molecule has 0 bridgehead atoms. The average Bonchev–Trinajstić information content (AvgIpc) is 3.30. The summed E-state index contributed by atoms with van der Waals surface area (Å²) in [5, 5.41) is 13.3. The van der Waals surface area contributed by atoms with Crippen LogP contribution in [0.25, 0.3) is 0 Å². The maximum atomic E-state index is 13.2. The van der Waals surface area contributed by atoms with Crippen molar-refractivity contribution >= 4 is 28.7 Å². The Labute approximate surface area is 166 Å². The molecule has 0 aliphatic carbocycles. The highest BCUT2D eigenvalue weighted by molar-refractivity contribution is 7.09. The highest BCUT2D eigenvalue weighted by Crippen LogP contribution is 2.44. The molecule has 3 aromatic rings. The Morgan fingerprint density at radius 2 is 1.86 bits per heavy atom. The first-order valence-electron chi connectivity index (χ1n) is 8.87. The molecule has 0 saturated heterocycles. The van der Waals surface area contributed by atoms with E-state index in [2.05, 4.69) is 0 Å². The van der Waals surface area contributed by atoms with E-state index >= 15 is 0 Å². The lowest BCUT2D eigenvalue weighted by Crippen LogP contribution is -2.41. The van der Waals surface area contributed by atoms with Crippen LogP contribution < -0.4 is 9.64 Å². The SMILES string of the molecule is COc1ccccc1C(=O)C[C@@]1(O)C(=O)N(Cc2cccs2)c2ccccc21. The number of methoxy groups -OCH3 is 1. The Morgan fingerprint density at radius 1 is 1.11 bits per heavy atom. The third-order valence-electron chi connectivity index (χ3n) is 4.96. The predicted octanol–water partition coefficient (Wildman–Crippen LogP) is 3.76. The number of hydrogen-bond acceptors (Lipinski definition) is 5. The molecule has 4 rings (SSSR count). The topological polar surface area (TPSA) is 66.8 Å². The van der Waals surface area contributed by atoms with Gasteiger partial charge in [0.15, 0.2) is 11.4 Å². The summed E-state index contributed by atoms with van der Waals surface area (Å²) < 4.78 is 5.25. The van der Waals surface area contributed by atoms with E-state index in [-0.39, 0.29) is 12.2 Å². The minimum Gasteiger partial charge on any atom is -0.496 e. The van der Waals surface area contributed by atoms with Gasteiger partial charge >= 0.3 is 0 Å². The maximum Gasteiger partial charge on any atom is 0.264 e. The lowest BCUT2D eigenvalue weighted by atomic mass is 9.88. The second-order valence-electron chi connectivity index (χ2n) is 6.65. The van der Waals surface area contributed by atoms with Crippen LogP contribution in [0.15, 0.2) is 66.0 Å². The Hall–Kier alpha value is -2.96. The number of anilines is 1. The van der Waals surface area contributed by atoms with Crippen molar-refractivity contribution in [1.82, 2.24) is 0 Å². The number of fused-ring (bicyclic) bond motifs is 1. The molecule has 2 aromatic carbocycles. The van der Waals surface area contributed by atoms with Crippen LogP contribution >= 0.6 is 11.3 Å². The first-order valence-corrected chi connectivity index (χ1v) is 9.75. The molecule has 6 heteroatoms. The maximum absolute atomic E-state index is 13.2. The van der Waals surface area contributed by atoms with E-state index in [9.17, 15) is 14.7 Å². The van der Waals surface area contributed by atoms with Crippen molar-refractivity contribution in [3.63, 3.8) is 0 Å². The van der Waals surface area contributed by atoms with Gasteiger partial charge in [0.2, 0.25) is 0 Å². The monoisotopic (exact) mass is 393 g/mol. The zero-order valence-electron chi connectivity index (χ0n) is 15.3. The lowest BCUT2D eigenvalue weighted by Gasteiger charge is -2.23. The second-order valence-corrected chi connectivity index (χ2v) is 7.68. The molecule has 1 atom stereocenters. The fourth-order valence-corrected chi connectivity index (χ4v) is 4.29. The largest absolute Gasteiger partial charge is 0.496 e. The lowest BCUT2D eigenvalue weighted by molar-refractivity contribution is -0.136. The van der Waals surface area contributed by atoms with Gasteiger partial charge in [-0.15, -0.1) is 11.3 Å². The van der Waals surface area contributed by atoms with Gasteiger partial charge in [0.1, 0.15) is 5.75 Å². The Balaban J connectivity index is 1.70. The van der Waals surface area contributed by atoms with Crippen LogP contribution in [0.2, 0.25) is 0 Å². The number of benzene rings is 2. The van der Waals surface area contributed by atoms with Crippen LogP contribution in [0, 0.1) is 0 Å². The van der Waals surface area contributed by atoms with E-state index in [0.29, 0.717) is 29.1 Å². The van der Waals surface area contributed by atoms with Gasteiger partial charge in [-0.05, 0) is 29.6 Å². The van der Waals surface area contributed by atoms with Crippen LogP contribution in [0.3, 0.4) is 0 Å². The van der Waals surface area contributed by atoms with Crippen molar-refractivity contribution in [2.24, 2.45) is 0 Å². The number of amides is 1. The van der Waals surface area contributed by atoms with Crippen molar-refractivity contribution in [3.8, 4) is 5.75 Å². The number of thiophene rings is 1. The fraction of sp³-hybridized carbons (Fsp3) is 0.182. The van der Waals surface area contributed by atoms with Crippen molar-refractivity contribution in [2.45, 2.75) is 18.6 Å². The van der Waals surface area contributed by atoms with Crippen LogP contribution in [-0.4, -0.2) is 23.9 Å². The van der Waals surface area contributed by atoms with E-state index in [1.807, 2.05) is 23.6 Å². The molecule has 2 heterocycles. The summed E-state index contributed by atoms with van der Waals surface area (Å²) >= 11 is 1.54. The highest BCUT2D eigenvalue weighted by atomic mass is 32.1. The zero-order chi connectivity index (χ0) is 19.7. The number of rotatable bonds is 6. The first kappa shape index (κ1) is 18.4. The molecule has 142 valence electrons. The van der Waals surface area contributed by atoms with E-state index in [1.54, 1.807) is 58.7 Å². The molecule has 1 amide bonds. The number of carbonyl (C=O) groups is 2. The standard InChI is InChI=1S/C22H19NO4S/c1-27-20-11-5-2-8-16(20)19(24)13-22(26)17-9-3-4-10-18(17)23(21(22)25)14-15-7-6-12-28-15/h2-12,26H,13-14H2,1H3/t22-/m0/s1. The summed E-state index contributed by atoms with van der Waals surface area (Å²) in [4.78, 5) is 28.7. The van der Waals surface area contributed by atoms with Gasteiger partial charge in [0.05, 0.1) is 31.3 Å². The summed E-state index contributed by atoms with van der Waals surface area (Å²) in [6, 6.07) is 17.8. The number of ketones is 1. The van der Waals surface area contributed by atoms with Gasteiger partial charge in [-0.1, -0.05) is 36.4 Å². The van der Waals surface area contributed by atoms with Crippen molar-refractivity contribution in [2.75, 3.05) is 12.0 Å². The molecule has 1 aliphatic rings. The summed E-state index contributed by atoms with van der Waals surface area (Å²) in [6.07, 6.45) is -0.343. The smallest absolute Gasteiger partial charge is 0.264 e. The zero-order valence-corrected chi connectivity index (χ0v) is 16.1. The minimum absolute atomic E-state index is 0.343. The molecule has 0 radical (unpaired) electrons. The van der Waals surface area contributed by atoms with Gasteiger partial charge in [0, 0.05) is 10.4 Å². The van der Waals surface area contributed by atoms with E-state index < -0.39 is 11.5 Å². The third kappa shape index (κ3) is 3.00. The number of aliphatic hydroxyl groups is 1. The van der Waals surface area contributed by atoms with E-state index in [1.165, 1.54) is 7.11 Å². The third-order valence-corrected chi connectivity index (χ3v) is 5.82. The number of ether oxygens (including phenoxy) is 1.